The largest absolute Gasteiger partial charge is 0.460 e. The van der Waals surface area contributed by atoms with E-state index in [0.29, 0.717) is 30.8 Å². The van der Waals surface area contributed by atoms with E-state index in [-0.39, 0.29) is 12.0 Å². The van der Waals surface area contributed by atoms with Gasteiger partial charge in [-0.05, 0) is 64.5 Å². The smallest absolute Gasteiger partial charge is 0.306 e. The van der Waals surface area contributed by atoms with E-state index in [2.05, 4.69) is 21.8 Å². The fourth-order valence-corrected chi connectivity index (χ4v) is 3.88. The van der Waals surface area contributed by atoms with E-state index in [9.17, 15) is 4.79 Å². The minimum Gasteiger partial charge on any atom is -0.460 e. The van der Waals surface area contributed by atoms with Crippen molar-refractivity contribution in [2.75, 3.05) is 24.7 Å². The Bertz CT molecular complexity index is 675. The number of anilines is 1. The second-order valence-corrected chi connectivity index (χ2v) is 8.60. The van der Waals surface area contributed by atoms with Crippen molar-refractivity contribution in [1.29, 1.82) is 0 Å². The van der Waals surface area contributed by atoms with Gasteiger partial charge in [-0.15, -0.1) is 0 Å². The first-order valence-electron chi connectivity index (χ1n) is 9.34. The van der Waals surface area contributed by atoms with Crippen LogP contribution >= 0.6 is 11.6 Å². The average molecular weight is 382 g/mol. The lowest BCUT2D eigenvalue weighted by molar-refractivity contribution is -0.155. The number of hydrogen-bond acceptors (Lipinski definition) is 6. The van der Waals surface area contributed by atoms with Crippen LogP contribution in [0.1, 0.15) is 51.8 Å². The van der Waals surface area contributed by atoms with Gasteiger partial charge in [0.05, 0.1) is 24.9 Å². The molecule has 3 rings (SSSR count). The molecule has 0 bridgehead atoms. The fourth-order valence-electron chi connectivity index (χ4n) is 3.70. The average Bonchev–Trinajstić information content (AvgIpc) is 2.94. The summed E-state index contributed by atoms with van der Waals surface area (Å²) >= 11 is 6.19. The highest BCUT2D eigenvalue weighted by Gasteiger charge is 2.32. The van der Waals surface area contributed by atoms with Crippen LogP contribution in [0.5, 0.6) is 0 Å². The minimum atomic E-state index is -0.436. The van der Waals surface area contributed by atoms with E-state index in [0.717, 1.165) is 37.3 Å². The molecule has 144 valence electrons. The van der Waals surface area contributed by atoms with Crippen LogP contribution in [0.2, 0.25) is 5.28 Å². The van der Waals surface area contributed by atoms with Crippen molar-refractivity contribution in [2.24, 2.45) is 5.92 Å². The van der Waals surface area contributed by atoms with E-state index >= 15 is 0 Å². The van der Waals surface area contributed by atoms with Gasteiger partial charge in [0.1, 0.15) is 11.4 Å². The Hall–Kier alpha value is -1.40. The summed E-state index contributed by atoms with van der Waals surface area (Å²) in [5, 5.41) is 0.297. The highest BCUT2D eigenvalue weighted by Crippen LogP contribution is 2.36. The van der Waals surface area contributed by atoms with Gasteiger partial charge >= 0.3 is 5.97 Å². The van der Waals surface area contributed by atoms with Crippen LogP contribution in [0.15, 0.2) is 0 Å². The number of ether oxygens (including phenoxy) is 2. The molecule has 2 aliphatic rings. The molecule has 0 aromatic carbocycles. The topological polar surface area (TPSA) is 64.5 Å². The molecule has 1 unspecified atom stereocenters. The summed E-state index contributed by atoms with van der Waals surface area (Å²) in [5.74, 6) is 1.18. The highest BCUT2D eigenvalue weighted by molar-refractivity contribution is 6.28. The first-order chi connectivity index (χ1) is 12.2. The summed E-state index contributed by atoms with van der Waals surface area (Å²) in [7, 11) is 0. The quantitative estimate of drug-likeness (QED) is 0.589. The molecule has 2 heterocycles. The number of halogens is 1. The van der Waals surface area contributed by atoms with E-state index in [1.807, 2.05) is 20.8 Å². The third-order valence-electron chi connectivity index (χ3n) is 4.83. The molecule has 0 N–H and O–H groups in total. The van der Waals surface area contributed by atoms with Gasteiger partial charge in [0.2, 0.25) is 5.28 Å². The monoisotopic (exact) mass is 381 g/mol. The Morgan fingerprint density at radius 3 is 2.81 bits per heavy atom. The van der Waals surface area contributed by atoms with E-state index < -0.39 is 5.60 Å². The van der Waals surface area contributed by atoms with Crippen molar-refractivity contribution in [3.63, 3.8) is 0 Å². The predicted molar refractivity (Wildman–Crippen MR) is 101 cm³/mol. The van der Waals surface area contributed by atoms with Crippen molar-refractivity contribution in [2.45, 2.75) is 65.0 Å². The second-order valence-electron chi connectivity index (χ2n) is 8.26. The van der Waals surface area contributed by atoms with Gasteiger partial charge in [-0.1, -0.05) is 0 Å². The maximum Gasteiger partial charge on any atom is 0.306 e. The van der Waals surface area contributed by atoms with E-state index in [1.165, 1.54) is 5.56 Å². The van der Waals surface area contributed by atoms with E-state index in [4.69, 9.17) is 21.1 Å². The van der Waals surface area contributed by atoms with Gasteiger partial charge < -0.3 is 14.4 Å². The molecule has 1 aliphatic heterocycles. The van der Waals surface area contributed by atoms with Crippen LogP contribution in [0.3, 0.4) is 0 Å². The molecule has 0 amide bonds. The molecule has 1 aromatic heterocycles. The number of hydrogen-bond donors (Lipinski definition) is 0. The first-order valence-corrected chi connectivity index (χ1v) is 9.72. The molecule has 1 aliphatic carbocycles. The van der Waals surface area contributed by atoms with Gasteiger partial charge in [-0.2, -0.15) is 0 Å². The minimum absolute atomic E-state index is 0.139. The molecule has 0 saturated carbocycles. The summed E-state index contributed by atoms with van der Waals surface area (Å²) in [5.41, 5.74) is 1.76. The van der Waals surface area contributed by atoms with Crippen LogP contribution < -0.4 is 4.90 Å². The molecule has 1 aromatic rings. The lowest BCUT2D eigenvalue weighted by Crippen LogP contribution is -2.44. The zero-order chi connectivity index (χ0) is 18.9. The standard InChI is InChI=1S/C19H28ClN3O3/c1-12-11-25-8-7-23(12)17-14-9-13(10-15(14)21-18(20)22-17)5-6-16(24)26-19(2,3)4/h12-13H,5-11H2,1-4H3/t12-,13?/m1/s1. The van der Waals surface area contributed by atoms with Gasteiger partial charge in [0, 0.05) is 18.5 Å². The SMILES string of the molecule is C[C@@H]1COCCN1c1nc(Cl)nc2c1CC(CCC(=O)OC(C)(C)C)C2. The lowest BCUT2D eigenvalue weighted by Gasteiger charge is -2.35. The van der Waals surface area contributed by atoms with Crippen molar-refractivity contribution >= 4 is 23.4 Å². The summed E-state index contributed by atoms with van der Waals surface area (Å²) in [6.45, 7) is 10.0. The van der Waals surface area contributed by atoms with Gasteiger partial charge in [-0.25, -0.2) is 9.97 Å². The van der Waals surface area contributed by atoms with Crippen molar-refractivity contribution in [3.8, 4) is 0 Å². The second kappa shape index (κ2) is 7.69. The molecule has 0 radical (unpaired) electrons. The summed E-state index contributed by atoms with van der Waals surface area (Å²) in [6, 6.07) is 0.264. The third-order valence-corrected chi connectivity index (χ3v) is 5.00. The fraction of sp³-hybridized carbons (Fsp3) is 0.737. The highest BCUT2D eigenvalue weighted by atomic mass is 35.5. The Balaban J connectivity index is 1.68. The number of nitrogens with zero attached hydrogens (tertiary/aromatic N) is 3. The Labute approximate surface area is 160 Å². The summed E-state index contributed by atoms with van der Waals surface area (Å²) in [6.07, 6.45) is 2.95. The number of morpholine rings is 1. The molecule has 1 saturated heterocycles. The molecular formula is C19H28ClN3O3. The zero-order valence-corrected chi connectivity index (χ0v) is 16.8. The van der Waals surface area contributed by atoms with Crippen LogP contribution in [-0.2, 0) is 27.1 Å². The van der Waals surface area contributed by atoms with Crippen LogP contribution in [0.4, 0.5) is 5.82 Å². The molecular weight excluding hydrogens is 354 g/mol. The van der Waals surface area contributed by atoms with Gasteiger partial charge in [0.25, 0.3) is 0 Å². The molecule has 7 heteroatoms. The number of rotatable bonds is 4. The van der Waals surface area contributed by atoms with Gasteiger partial charge in [-0.3, -0.25) is 4.79 Å². The molecule has 0 spiro atoms. The zero-order valence-electron chi connectivity index (χ0n) is 16.0. The molecule has 26 heavy (non-hydrogen) atoms. The summed E-state index contributed by atoms with van der Waals surface area (Å²) < 4.78 is 11.0. The normalized spacial score (nSPS) is 23.0. The van der Waals surface area contributed by atoms with Gasteiger partial charge in [0.15, 0.2) is 0 Å². The lowest BCUT2D eigenvalue weighted by atomic mass is 10.00. The maximum absolute atomic E-state index is 12.0. The number of carbonyl (C=O) groups is 1. The predicted octanol–water partition coefficient (Wildman–Crippen LogP) is 3.19. The van der Waals surface area contributed by atoms with E-state index in [1.54, 1.807) is 0 Å². The third kappa shape index (κ3) is 4.65. The van der Waals surface area contributed by atoms with Crippen molar-refractivity contribution < 1.29 is 14.3 Å². The number of fused-ring (bicyclic) bond motifs is 1. The summed E-state index contributed by atoms with van der Waals surface area (Å²) in [4.78, 5) is 23.3. The molecule has 2 atom stereocenters. The Morgan fingerprint density at radius 1 is 1.35 bits per heavy atom. The number of carbonyl (C=O) groups excluding carboxylic acids is 1. The Morgan fingerprint density at radius 2 is 2.12 bits per heavy atom. The van der Waals surface area contributed by atoms with Crippen molar-refractivity contribution in [3.05, 3.63) is 16.5 Å². The van der Waals surface area contributed by atoms with Crippen molar-refractivity contribution in [1.82, 2.24) is 9.97 Å². The molecule has 6 nitrogen and oxygen atoms in total. The van der Waals surface area contributed by atoms with Crippen LogP contribution in [-0.4, -0.2) is 47.3 Å². The first kappa shape index (κ1) is 19.4. The molecule has 1 fully saturated rings. The Kier molecular flexibility index (Phi) is 5.72. The number of esters is 1. The van der Waals surface area contributed by atoms with Crippen LogP contribution in [0, 0.1) is 5.92 Å². The maximum atomic E-state index is 12.0. The van der Waals surface area contributed by atoms with Crippen LogP contribution in [0.25, 0.3) is 0 Å². The number of aromatic nitrogens is 2.